The number of fused-ring (bicyclic) bond motifs is 1. The van der Waals surface area contributed by atoms with E-state index in [-0.39, 0.29) is 23.3 Å². The van der Waals surface area contributed by atoms with Crippen LogP contribution in [0.2, 0.25) is 0 Å². The number of rotatable bonds is 4. The second-order valence-electron chi connectivity index (χ2n) is 7.26. The number of benzene rings is 1. The lowest BCUT2D eigenvalue weighted by molar-refractivity contribution is -0.131. The van der Waals surface area contributed by atoms with Gasteiger partial charge in [0.1, 0.15) is 0 Å². The molecule has 4 rings (SSSR count). The summed E-state index contributed by atoms with van der Waals surface area (Å²) < 4.78 is 25.0. The van der Waals surface area contributed by atoms with Gasteiger partial charge in [0.25, 0.3) is 0 Å². The van der Waals surface area contributed by atoms with Gasteiger partial charge < -0.3 is 4.90 Å². The highest BCUT2D eigenvalue weighted by molar-refractivity contribution is 7.90. The predicted molar refractivity (Wildman–Crippen MR) is 105 cm³/mol. The van der Waals surface area contributed by atoms with Crippen LogP contribution in [0.1, 0.15) is 35.8 Å². The Kier molecular flexibility index (Phi) is 4.66. The molecule has 1 amide bonds. The van der Waals surface area contributed by atoms with E-state index in [1.807, 2.05) is 28.5 Å². The third-order valence-corrected chi connectivity index (χ3v) is 6.26. The van der Waals surface area contributed by atoms with Crippen LogP contribution in [-0.2, 0) is 21.1 Å². The van der Waals surface area contributed by atoms with Gasteiger partial charge in [0.05, 0.1) is 28.7 Å². The summed E-state index contributed by atoms with van der Waals surface area (Å²) in [6.45, 7) is 2.63. The molecule has 0 unspecified atom stereocenters. The van der Waals surface area contributed by atoms with Gasteiger partial charge >= 0.3 is 0 Å². The first kappa shape index (κ1) is 18.6. The topological polar surface area (TPSA) is 84.6 Å². The van der Waals surface area contributed by atoms with E-state index in [4.69, 9.17) is 0 Å². The molecule has 1 saturated heterocycles. The van der Waals surface area contributed by atoms with Crippen LogP contribution in [0.3, 0.4) is 0 Å². The second-order valence-corrected chi connectivity index (χ2v) is 9.28. The predicted octanol–water partition coefficient (Wildman–Crippen LogP) is 2.35. The zero-order valence-corrected chi connectivity index (χ0v) is 16.7. The Bertz CT molecular complexity index is 1140. The Morgan fingerprint density at radius 3 is 2.68 bits per heavy atom. The summed E-state index contributed by atoms with van der Waals surface area (Å²) in [5, 5.41) is 4.53. The summed E-state index contributed by atoms with van der Waals surface area (Å²) in [5.74, 6) is 0.0310. The Balaban J connectivity index is 1.57. The van der Waals surface area contributed by atoms with E-state index in [0.29, 0.717) is 6.54 Å². The summed E-state index contributed by atoms with van der Waals surface area (Å²) in [5.41, 5.74) is 3.45. The molecule has 0 aliphatic carbocycles. The normalized spacial score (nSPS) is 17.4. The first-order valence-electron chi connectivity index (χ1n) is 9.23. The third kappa shape index (κ3) is 3.52. The molecule has 0 spiro atoms. The van der Waals surface area contributed by atoms with Crippen LogP contribution in [0.15, 0.2) is 47.5 Å². The zero-order valence-electron chi connectivity index (χ0n) is 15.9. The number of aryl methyl sites for hydroxylation is 1. The molecule has 3 aromatic rings. The third-order valence-electron chi connectivity index (χ3n) is 5.13. The van der Waals surface area contributed by atoms with E-state index in [1.54, 1.807) is 30.5 Å². The molecule has 2 aromatic heterocycles. The number of carbonyl (C=O) groups is 1. The van der Waals surface area contributed by atoms with Crippen molar-refractivity contribution in [1.82, 2.24) is 19.5 Å². The highest BCUT2D eigenvalue weighted by Gasteiger charge is 2.31. The van der Waals surface area contributed by atoms with Crippen molar-refractivity contribution in [2.45, 2.75) is 37.1 Å². The first-order chi connectivity index (χ1) is 13.3. The highest BCUT2D eigenvalue weighted by atomic mass is 32.2. The quantitative estimate of drug-likeness (QED) is 0.673. The standard InChI is InChI=1S/C20H22N4O3S/c1-14-12-19-21-10-9-18(24(19)22-14)17-4-3-11-23(17)20(25)13-15-5-7-16(8-6-15)28(2,26)27/h5-10,12,17H,3-4,11,13H2,1-2H3/t17-/m1/s1. The Labute approximate surface area is 163 Å². The molecular formula is C20H22N4O3S. The number of aromatic nitrogens is 3. The fraction of sp³-hybridized carbons (Fsp3) is 0.350. The lowest BCUT2D eigenvalue weighted by Gasteiger charge is -2.25. The number of sulfone groups is 1. The van der Waals surface area contributed by atoms with Gasteiger partial charge in [-0.2, -0.15) is 5.10 Å². The monoisotopic (exact) mass is 398 g/mol. The van der Waals surface area contributed by atoms with Gasteiger partial charge in [-0.05, 0) is 43.5 Å². The largest absolute Gasteiger partial charge is 0.334 e. The summed E-state index contributed by atoms with van der Waals surface area (Å²) in [4.78, 5) is 19.5. The second kappa shape index (κ2) is 7.01. The summed E-state index contributed by atoms with van der Waals surface area (Å²) in [6, 6.07) is 10.3. The van der Waals surface area contributed by atoms with Crippen molar-refractivity contribution in [3.8, 4) is 0 Å². The van der Waals surface area contributed by atoms with Crippen molar-refractivity contribution in [1.29, 1.82) is 0 Å². The van der Waals surface area contributed by atoms with Crippen LogP contribution in [0, 0.1) is 6.92 Å². The van der Waals surface area contributed by atoms with Gasteiger partial charge in [-0.1, -0.05) is 12.1 Å². The van der Waals surface area contributed by atoms with Crippen molar-refractivity contribution < 1.29 is 13.2 Å². The van der Waals surface area contributed by atoms with E-state index >= 15 is 0 Å². The minimum absolute atomic E-state index is 0.0310. The molecule has 1 aromatic carbocycles. The van der Waals surface area contributed by atoms with Gasteiger partial charge in [0, 0.05) is 25.1 Å². The molecule has 28 heavy (non-hydrogen) atoms. The summed E-state index contributed by atoms with van der Waals surface area (Å²) in [7, 11) is -3.24. The molecule has 7 nitrogen and oxygen atoms in total. The SMILES string of the molecule is Cc1cc2nccc([C@H]3CCCN3C(=O)Cc3ccc(S(C)(=O)=O)cc3)n2n1. The van der Waals surface area contributed by atoms with E-state index in [9.17, 15) is 13.2 Å². The molecule has 0 N–H and O–H groups in total. The number of hydrogen-bond acceptors (Lipinski definition) is 5. The van der Waals surface area contributed by atoms with Crippen LogP contribution in [0.5, 0.6) is 0 Å². The minimum Gasteiger partial charge on any atom is -0.334 e. The average Bonchev–Trinajstić information content (AvgIpc) is 3.26. The van der Waals surface area contributed by atoms with Crippen LogP contribution in [0.25, 0.3) is 5.65 Å². The fourth-order valence-electron chi connectivity index (χ4n) is 3.78. The maximum atomic E-state index is 13.0. The fourth-order valence-corrected chi connectivity index (χ4v) is 4.41. The van der Waals surface area contributed by atoms with E-state index in [0.717, 1.165) is 35.4 Å². The minimum atomic E-state index is -3.24. The van der Waals surface area contributed by atoms with Crippen LogP contribution < -0.4 is 0 Å². The Morgan fingerprint density at radius 2 is 1.96 bits per heavy atom. The molecule has 1 aliphatic rings. The van der Waals surface area contributed by atoms with Gasteiger partial charge in [-0.15, -0.1) is 0 Å². The van der Waals surface area contributed by atoms with Crippen LogP contribution in [-0.4, -0.2) is 46.6 Å². The molecule has 1 aliphatic heterocycles. The molecule has 0 radical (unpaired) electrons. The van der Waals surface area contributed by atoms with E-state index in [1.165, 1.54) is 6.26 Å². The smallest absolute Gasteiger partial charge is 0.227 e. The van der Waals surface area contributed by atoms with E-state index in [2.05, 4.69) is 10.1 Å². The summed E-state index contributed by atoms with van der Waals surface area (Å²) in [6.07, 6.45) is 5.00. The van der Waals surface area contributed by atoms with Crippen molar-refractivity contribution in [2.75, 3.05) is 12.8 Å². The maximum Gasteiger partial charge on any atom is 0.227 e. The number of hydrogen-bond donors (Lipinski definition) is 0. The van der Waals surface area contributed by atoms with Crippen molar-refractivity contribution in [2.24, 2.45) is 0 Å². The van der Waals surface area contributed by atoms with Crippen molar-refractivity contribution in [3.63, 3.8) is 0 Å². The highest BCUT2D eigenvalue weighted by Crippen LogP contribution is 2.32. The van der Waals surface area contributed by atoms with E-state index < -0.39 is 9.84 Å². The Morgan fingerprint density at radius 1 is 1.21 bits per heavy atom. The lowest BCUT2D eigenvalue weighted by Crippen LogP contribution is -2.32. The molecule has 3 heterocycles. The molecule has 1 atom stereocenters. The van der Waals surface area contributed by atoms with Gasteiger partial charge in [0.15, 0.2) is 15.5 Å². The number of amides is 1. The van der Waals surface area contributed by atoms with Crippen LogP contribution in [0.4, 0.5) is 0 Å². The van der Waals surface area contributed by atoms with Gasteiger partial charge in [-0.3, -0.25) is 4.79 Å². The van der Waals surface area contributed by atoms with Crippen molar-refractivity contribution >= 4 is 21.4 Å². The Hall–Kier alpha value is -2.74. The van der Waals surface area contributed by atoms with Crippen molar-refractivity contribution in [3.05, 3.63) is 59.5 Å². The maximum absolute atomic E-state index is 13.0. The molecule has 1 fully saturated rings. The number of nitrogens with zero attached hydrogens (tertiary/aromatic N) is 4. The average molecular weight is 398 g/mol. The molecule has 146 valence electrons. The lowest BCUT2D eigenvalue weighted by atomic mass is 10.1. The first-order valence-corrected chi connectivity index (χ1v) is 11.1. The summed E-state index contributed by atoms with van der Waals surface area (Å²) >= 11 is 0. The van der Waals surface area contributed by atoms with Crippen LogP contribution >= 0.6 is 0 Å². The zero-order chi connectivity index (χ0) is 19.9. The number of carbonyl (C=O) groups excluding carboxylic acids is 1. The number of likely N-dealkylation sites (tertiary alicyclic amines) is 1. The molecule has 0 saturated carbocycles. The van der Waals surface area contributed by atoms with Gasteiger partial charge in [0.2, 0.25) is 5.91 Å². The van der Waals surface area contributed by atoms with Gasteiger partial charge in [-0.25, -0.2) is 17.9 Å². The molecule has 0 bridgehead atoms. The molecule has 8 heteroatoms. The molecular weight excluding hydrogens is 376 g/mol.